The van der Waals surface area contributed by atoms with Gasteiger partial charge in [0.2, 0.25) is 5.91 Å². The van der Waals surface area contributed by atoms with Gasteiger partial charge >= 0.3 is 5.97 Å². The molecule has 2 bridgehead atoms. The van der Waals surface area contributed by atoms with Crippen molar-refractivity contribution in [3.63, 3.8) is 0 Å². The van der Waals surface area contributed by atoms with Crippen LogP contribution in [0.2, 0.25) is 0 Å². The lowest BCUT2D eigenvalue weighted by Gasteiger charge is -2.25. The van der Waals surface area contributed by atoms with Gasteiger partial charge in [-0.3, -0.25) is 4.79 Å². The van der Waals surface area contributed by atoms with Crippen LogP contribution in [0.1, 0.15) is 61.4 Å². The number of carbonyl (C=O) groups excluding carboxylic acids is 1. The Hall–Kier alpha value is -2.21. The van der Waals surface area contributed by atoms with Crippen LogP contribution in [0.25, 0.3) is 0 Å². The van der Waals surface area contributed by atoms with Crippen molar-refractivity contribution in [3.05, 3.63) is 35.4 Å². The van der Waals surface area contributed by atoms with Gasteiger partial charge < -0.3 is 9.84 Å². The maximum atomic E-state index is 12.1. The van der Waals surface area contributed by atoms with Crippen LogP contribution in [0.4, 0.5) is 0 Å². The van der Waals surface area contributed by atoms with E-state index in [2.05, 4.69) is 12.0 Å². The highest BCUT2D eigenvalue weighted by atomic mass is 16.5. The Bertz CT molecular complexity index is 716. The van der Waals surface area contributed by atoms with E-state index in [1.807, 2.05) is 18.3 Å². The molecule has 2 aliphatic heterocycles. The van der Waals surface area contributed by atoms with E-state index < -0.39 is 5.97 Å². The Balaban J connectivity index is 1.59. The standard InChI is InChI=1S/C22H30N2O4/c1-3-4-5-21(25)24(2)23-14-18-17(19-12-13-20(18)28-19)11-8-15-6-9-16(10-7-15)22(26)27/h6-7,9-10,14,17-20H,3-5,8,11-13H2,1-2H3,(H,26,27)/t17-,18-,19-,20+/m1/s1. The molecule has 0 saturated carbocycles. The molecule has 6 nitrogen and oxygen atoms in total. The first-order chi connectivity index (χ1) is 13.5. The third-order valence-electron chi connectivity index (χ3n) is 5.97. The van der Waals surface area contributed by atoms with Crippen LogP contribution >= 0.6 is 0 Å². The molecule has 1 N–H and O–H groups in total. The van der Waals surface area contributed by atoms with E-state index in [1.54, 1.807) is 19.2 Å². The number of nitrogens with zero attached hydrogens (tertiary/aromatic N) is 2. The first-order valence-electron chi connectivity index (χ1n) is 10.3. The number of fused-ring (bicyclic) bond motifs is 2. The fourth-order valence-electron chi connectivity index (χ4n) is 4.27. The Kier molecular flexibility index (Phi) is 6.83. The SMILES string of the molecule is CCCCC(=O)N(C)N=C[C@@H]1[C@@H](CCc2ccc(C(=O)O)cc2)[C@H]2CC[C@@H]1O2. The monoisotopic (exact) mass is 386 g/mol. The van der Waals surface area contributed by atoms with Crippen LogP contribution in [-0.4, -0.2) is 47.5 Å². The Labute approximate surface area is 166 Å². The summed E-state index contributed by atoms with van der Waals surface area (Å²) in [4.78, 5) is 23.1. The smallest absolute Gasteiger partial charge is 0.335 e. The number of amides is 1. The van der Waals surface area contributed by atoms with Gasteiger partial charge in [-0.15, -0.1) is 0 Å². The summed E-state index contributed by atoms with van der Waals surface area (Å²) >= 11 is 0. The molecule has 152 valence electrons. The Morgan fingerprint density at radius 3 is 2.64 bits per heavy atom. The van der Waals surface area contributed by atoms with Crippen LogP contribution in [0.15, 0.2) is 29.4 Å². The van der Waals surface area contributed by atoms with Crippen LogP contribution < -0.4 is 0 Å². The van der Waals surface area contributed by atoms with Crippen molar-refractivity contribution in [2.24, 2.45) is 16.9 Å². The zero-order chi connectivity index (χ0) is 20.1. The second-order valence-corrected chi connectivity index (χ2v) is 7.86. The molecule has 2 saturated heterocycles. The molecule has 3 rings (SSSR count). The van der Waals surface area contributed by atoms with Crippen LogP contribution in [0, 0.1) is 11.8 Å². The third-order valence-corrected chi connectivity index (χ3v) is 5.97. The van der Waals surface area contributed by atoms with Gasteiger partial charge in [-0.25, -0.2) is 9.80 Å². The van der Waals surface area contributed by atoms with Crippen LogP contribution in [0.3, 0.4) is 0 Å². The Morgan fingerprint density at radius 2 is 1.96 bits per heavy atom. The minimum absolute atomic E-state index is 0.0530. The molecular formula is C22H30N2O4. The van der Waals surface area contributed by atoms with E-state index in [0.717, 1.165) is 44.1 Å². The number of rotatable bonds is 9. The molecule has 0 unspecified atom stereocenters. The minimum Gasteiger partial charge on any atom is -0.478 e. The summed E-state index contributed by atoms with van der Waals surface area (Å²) in [5.41, 5.74) is 1.45. The molecule has 6 heteroatoms. The summed E-state index contributed by atoms with van der Waals surface area (Å²) < 4.78 is 6.12. The minimum atomic E-state index is -0.901. The van der Waals surface area contributed by atoms with Crippen LogP contribution in [0.5, 0.6) is 0 Å². The lowest BCUT2D eigenvalue weighted by atomic mass is 9.77. The van der Waals surface area contributed by atoms with Crippen molar-refractivity contribution in [1.29, 1.82) is 0 Å². The molecule has 0 spiro atoms. The highest BCUT2D eigenvalue weighted by Crippen LogP contribution is 2.44. The lowest BCUT2D eigenvalue weighted by molar-refractivity contribution is -0.130. The van der Waals surface area contributed by atoms with Crippen molar-refractivity contribution in [3.8, 4) is 0 Å². The number of benzene rings is 1. The van der Waals surface area contributed by atoms with Crippen LogP contribution in [-0.2, 0) is 16.0 Å². The number of carboxylic acid groups (broad SMARTS) is 1. The highest BCUT2D eigenvalue weighted by molar-refractivity contribution is 5.87. The fourth-order valence-corrected chi connectivity index (χ4v) is 4.27. The molecular weight excluding hydrogens is 356 g/mol. The quantitative estimate of drug-likeness (QED) is 0.518. The average molecular weight is 386 g/mol. The number of ether oxygens (including phenoxy) is 1. The molecule has 28 heavy (non-hydrogen) atoms. The van der Waals surface area contributed by atoms with Gasteiger partial charge in [0.05, 0.1) is 17.8 Å². The summed E-state index contributed by atoms with van der Waals surface area (Å²) in [7, 11) is 1.72. The Morgan fingerprint density at radius 1 is 1.25 bits per heavy atom. The molecule has 2 heterocycles. The molecule has 0 aromatic heterocycles. The number of hydrazone groups is 1. The average Bonchev–Trinajstić information content (AvgIpc) is 3.30. The first-order valence-corrected chi connectivity index (χ1v) is 10.3. The molecule has 1 aromatic rings. The lowest BCUT2D eigenvalue weighted by Crippen LogP contribution is -2.30. The number of hydrogen-bond donors (Lipinski definition) is 1. The van der Waals surface area contributed by atoms with Crippen molar-refractivity contribution in [2.45, 2.75) is 64.1 Å². The molecule has 1 aromatic carbocycles. The predicted octanol–water partition coefficient (Wildman–Crippen LogP) is 3.75. The van der Waals surface area contributed by atoms with E-state index in [9.17, 15) is 9.59 Å². The number of hydrogen-bond acceptors (Lipinski definition) is 4. The molecule has 0 aliphatic carbocycles. The van der Waals surface area contributed by atoms with E-state index in [-0.39, 0.29) is 24.0 Å². The molecule has 2 aliphatic rings. The fraction of sp³-hybridized carbons (Fsp3) is 0.591. The number of carboxylic acids is 1. The van der Waals surface area contributed by atoms with Crippen molar-refractivity contribution in [2.75, 3.05) is 7.05 Å². The number of unbranched alkanes of at least 4 members (excludes halogenated alkanes) is 1. The van der Waals surface area contributed by atoms with Gasteiger partial charge in [-0.05, 0) is 55.7 Å². The van der Waals surface area contributed by atoms with Gasteiger partial charge in [-0.2, -0.15) is 5.10 Å². The topological polar surface area (TPSA) is 79.2 Å². The molecule has 1 amide bonds. The zero-order valence-corrected chi connectivity index (χ0v) is 16.7. The van der Waals surface area contributed by atoms with Crippen molar-refractivity contribution >= 4 is 18.1 Å². The maximum Gasteiger partial charge on any atom is 0.335 e. The predicted molar refractivity (Wildman–Crippen MR) is 107 cm³/mol. The van der Waals surface area contributed by atoms with Gasteiger partial charge in [0.15, 0.2) is 0 Å². The summed E-state index contributed by atoms with van der Waals surface area (Å²) in [6, 6.07) is 7.09. The second kappa shape index (κ2) is 9.32. The highest BCUT2D eigenvalue weighted by Gasteiger charge is 2.47. The molecule has 4 atom stereocenters. The number of aryl methyl sites for hydroxylation is 1. The second-order valence-electron chi connectivity index (χ2n) is 7.86. The van der Waals surface area contributed by atoms with Gasteiger partial charge in [0.25, 0.3) is 0 Å². The summed E-state index contributed by atoms with van der Waals surface area (Å²) in [5, 5.41) is 14.9. The maximum absolute atomic E-state index is 12.1. The van der Waals surface area contributed by atoms with Crippen molar-refractivity contribution < 1.29 is 19.4 Å². The van der Waals surface area contributed by atoms with E-state index in [0.29, 0.717) is 17.9 Å². The van der Waals surface area contributed by atoms with E-state index >= 15 is 0 Å². The first kappa shape index (κ1) is 20.5. The molecule has 0 radical (unpaired) electrons. The summed E-state index contributed by atoms with van der Waals surface area (Å²) in [6.45, 7) is 2.07. The molecule has 2 fully saturated rings. The number of aromatic carboxylic acids is 1. The largest absolute Gasteiger partial charge is 0.478 e. The van der Waals surface area contributed by atoms with Gasteiger partial charge in [-0.1, -0.05) is 25.5 Å². The van der Waals surface area contributed by atoms with Crippen molar-refractivity contribution in [1.82, 2.24) is 5.01 Å². The van der Waals surface area contributed by atoms with Gasteiger partial charge in [0, 0.05) is 25.6 Å². The normalized spacial score (nSPS) is 26.1. The van der Waals surface area contributed by atoms with E-state index in [4.69, 9.17) is 9.84 Å². The van der Waals surface area contributed by atoms with E-state index in [1.165, 1.54) is 5.01 Å². The number of carbonyl (C=O) groups is 2. The van der Waals surface area contributed by atoms with Gasteiger partial charge in [0.1, 0.15) is 0 Å². The zero-order valence-electron chi connectivity index (χ0n) is 16.7. The summed E-state index contributed by atoms with van der Waals surface area (Å²) in [6.07, 6.45) is 8.80. The third kappa shape index (κ3) is 4.79. The summed E-state index contributed by atoms with van der Waals surface area (Å²) in [5.74, 6) is -0.224.